The third-order valence-electron chi connectivity index (χ3n) is 5.38. The Morgan fingerprint density at radius 3 is 2.64 bits per heavy atom. The summed E-state index contributed by atoms with van der Waals surface area (Å²) >= 11 is 1.44. The molecule has 5 rings (SSSR count). The van der Waals surface area contributed by atoms with E-state index >= 15 is 0 Å². The molecule has 1 aromatic carbocycles. The lowest BCUT2D eigenvalue weighted by Crippen LogP contribution is -2.56. The highest BCUT2D eigenvalue weighted by Crippen LogP contribution is 2.32. The van der Waals surface area contributed by atoms with E-state index in [4.69, 9.17) is 0 Å². The fourth-order valence-electron chi connectivity index (χ4n) is 3.98. The zero-order valence-corrected chi connectivity index (χ0v) is 15.1. The van der Waals surface area contributed by atoms with E-state index in [-0.39, 0.29) is 17.9 Å². The zero-order valence-electron chi connectivity index (χ0n) is 14.3. The molecule has 3 aliphatic rings. The Hall–Kier alpha value is -1.98. The molecule has 0 saturated carbocycles. The zero-order chi connectivity index (χ0) is 17.4. The van der Waals surface area contributed by atoms with E-state index in [1.165, 1.54) is 24.2 Å². The van der Waals surface area contributed by atoms with Crippen LogP contribution in [0.5, 0.6) is 0 Å². The lowest BCUT2D eigenvalue weighted by atomic mass is 9.86. The van der Waals surface area contributed by atoms with Crippen molar-refractivity contribution in [1.29, 1.82) is 0 Å². The van der Waals surface area contributed by atoms with Crippen LogP contribution in [0.2, 0.25) is 0 Å². The second kappa shape index (κ2) is 6.73. The van der Waals surface area contributed by atoms with Gasteiger partial charge in [0, 0.05) is 18.7 Å². The number of nitrogens with one attached hydrogen (secondary N) is 1. The van der Waals surface area contributed by atoms with Gasteiger partial charge in [-0.2, -0.15) is 0 Å². The predicted molar refractivity (Wildman–Crippen MR) is 99.9 cm³/mol. The Balaban J connectivity index is 1.51. The smallest absolute Gasteiger partial charge is 0.262 e. The Kier molecular flexibility index (Phi) is 4.44. The van der Waals surface area contributed by atoms with Crippen LogP contribution in [0.1, 0.15) is 46.2 Å². The van der Waals surface area contributed by atoms with Crippen LogP contribution in [0.4, 0.5) is 0 Å². The maximum absolute atomic E-state index is 12.7. The summed E-state index contributed by atoms with van der Waals surface area (Å²) in [5.41, 5.74) is 2.53. The van der Waals surface area contributed by atoms with E-state index in [9.17, 15) is 9.59 Å². The molecule has 1 N–H and O–H groups in total. The molecule has 0 radical (unpaired) electrons. The van der Waals surface area contributed by atoms with Crippen molar-refractivity contribution >= 4 is 23.0 Å². The number of rotatable bonds is 4. The average Bonchev–Trinajstić information content (AvgIpc) is 3.13. The maximum Gasteiger partial charge on any atom is 0.262 e. The topological polar surface area (TPSA) is 49.4 Å². The summed E-state index contributed by atoms with van der Waals surface area (Å²) in [6.45, 7) is 3.76. The summed E-state index contributed by atoms with van der Waals surface area (Å²) in [5, 5.41) is 5.16. The summed E-state index contributed by atoms with van der Waals surface area (Å²) in [7, 11) is 0. The first-order chi connectivity index (χ1) is 12.1. The van der Waals surface area contributed by atoms with Crippen molar-refractivity contribution in [1.82, 2.24) is 10.2 Å². The van der Waals surface area contributed by atoms with Gasteiger partial charge in [-0.3, -0.25) is 14.5 Å². The standard InChI is InChI=1S/C20H22N2O2S/c1-13(23)16-4-2-3-5-17(16)15-11-18(25-12-15)20(24)21-19-10-14-6-8-22(19)9-7-14/h2-5,11-12,14,19H,6-10H2,1H3,(H,21,24). The van der Waals surface area contributed by atoms with Crippen molar-refractivity contribution in [2.24, 2.45) is 5.92 Å². The minimum Gasteiger partial charge on any atom is -0.336 e. The molecule has 2 bridgehead atoms. The highest BCUT2D eigenvalue weighted by atomic mass is 32.1. The fourth-order valence-corrected chi connectivity index (χ4v) is 4.79. The highest BCUT2D eigenvalue weighted by Gasteiger charge is 2.34. The number of piperidine rings is 3. The van der Waals surface area contributed by atoms with Crippen molar-refractivity contribution in [3.63, 3.8) is 0 Å². The van der Waals surface area contributed by atoms with E-state index in [2.05, 4.69) is 10.2 Å². The molecule has 5 heteroatoms. The number of carbonyl (C=O) groups is 2. The summed E-state index contributed by atoms with van der Waals surface area (Å²) in [5.74, 6) is 0.796. The van der Waals surface area contributed by atoms with Gasteiger partial charge in [0.1, 0.15) is 0 Å². The van der Waals surface area contributed by atoms with Crippen molar-refractivity contribution < 1.29 is 9.59 Å². The lowest BCUT2D eigenvalue weighted by molar-refractivity contribution is 0.0296. The first-order valence-electron chi connectivity index (χ1n) is 8.85. The fraction of sp³-hybridized carbons (Fsp3) is 0.400. The molecule has 0 aliphatic carbocycles. The van der Waals surface area contributed by atoms with Gasteiger partial charge in [0.15, 0.2) is 5.78 Å². The van der Waals surface area contributed by atoms with Crippen LogP contribution in [-0.4, -0.2) is 35.8 Å². The summed E-state index contributed by atoms with van der Waals surface area (Å²) in [6.07, 6.45) is 3.77. The van der Waals surface area contributed by atoms with Crippen LogP contribution < -0.4 is 5.32 Å². The normalized spacial score (nSPS) is 24.9. The molecule has 0 spiro atoms. The number of nitrogens with zero attached hydrogens (tertiary/aromatic N) is 1. The molecule has 130 valence electrons. The number of benzene rings is 1. The summed E-state index contributed by atoms with van der Waals surface area (Å²) in [4.78, 5) is 27.6. The quantitative estimate of drug-likeness (QED) is 0.850. The number of fused-ring (bicyclic) bond motifs is 3. The summed E-state index contributed by atoms with van der Waals surface area (Å²) < 4.78 is 0. The lowest BCUT2D eigenvalue weighted by Gasteiger charge is -2.45. The highest BCUT2D eigenvalue weighted by molar-refractivity contribution is 7.12. The molecule has 3 saturated heterocycles. The van der Waals surface area contributed by atoms with Gasteiger partial charge in [0.05, 0.1) is 11.0 Å². The summed E-state index contributed by atoms with van der Waals surface area (Å²) in [6, 6.07) is 9.46. The molecule has 1 unspecified atom stereocenters. The van der Waals surface area contributed by atoms with Crippen molar-refractivity contribution in [3.05, 3.63) is 46.2 Å². The molecule has 4 nitrogen and oxygen atoms in total. The molecule has 4 heterocycles. The molecule has 1 aromatic heterocycles. The van der Waals surface area contributed by atoms with E-state index in [1.54, 1.807) is 6.92 Å². The second-order valence-corrected chi connectivity index (χ2v) is 7.92. The number of carbonyl (C=O) groups excluding carboxylic acids is 2. The van der Waals surface area contributed by atoms with Crippen LogP contribution in [0.3, 0.4) is 0 Å². The van der Waals surface area contributed by atoms with E-state index < -0.39 is 0 Å². The van der Waals surface area contributed by atoms with Crippen LogP contribution in [0.15, 0.2) is 35.7 Å². The van der Waals surface area contributed by atoms with Gasteiger partial charge in [0.2, 0.25) is 0 Å². The van der Waals surface area contributed by atoms with Gasteiger partial charge in [-0.15, -0.1) is 11.3 Å². The Labute approximate surface area is 151 Å². The number of amides is 1. The van der Waals surface area contributed by atoms with Gasteiger partial charge in [-0.25, -0.2) is 0 Å². The Morgan fingerprint density at radius 1 is 1.20 bits per heavy atom. The largest absolute Gasteiger partial charge is 0.336 e. The average molecular weight is 354 g/mol. The van der Waals surface area contributed by atoms with E-state index in [0.29, 0.717) is 10.4 Å². The minimum absolute atomic E-state index is 0.00546. The molecule has 2 aromatic rings. The van der Waals surface area contributed by atoms with Crippen molar-refractivity contribution in [3.8, 4) is 11.1 Å². The minimum atomic E-state index is -0.00546. The number of ketones is 1. The molecule has 25 heavy (non-hydrogen) atoms. The second-order valence-electron chi connectivity index (χ2n) is 7.01. The SMILES string of the molecule is CC(=O)c1ccccc1-c1csc(C(=O)NC2CC3CCN2CC3)c1. The van der Waals surface area contributed by atoms with Gasteiger partial charge >= 0.3 is 0 Å². The Morgan fingerprint density at radius 2 is 1.96 bits per heavy atom. The van der Waals surface area contributed by atoms with Gasteiger partial charge < -0.3 is 5.32 Å². The van der Waals surface area contributed by atoms with Gasteiger partial charge in [-0.05, 0) is 54.7 Å². The van der Waals surface area contributed by atoms with Gasteiger partial charge in [-0.1, -0.05) is 24.3 Å². The number of hydrogen-bond acceptors (Lipinski definition) is 4. The molecule has 1 amide bonds. The molecule has 3 fully saturated rings. The van der Waals surface area contributed by atoms with Crippen molar-refractivity contribution in [2.75, 3.05) is 13.1 Å². The van der Waals surface area contributed by atoms with Crippen molar-refractivity contribution in [2.45, 2.75) is 32.4 Å². The predicted octanol–water partition coefficient (Wildman–Crippen LogP) is 3.79. The first-order valence-corrected chi connectivity index (χ1v) is 9.73. The van der Waals surface area contributed by atoms with Crippen LogP contribution >= 0.6 is 11.3 Å². The Bertz CT molecular complexity index is 806. The molecular weight excluding hydrogens is 332 g/mol. The first kappa shape index (κ1) is 16.5. The molecular formula is C20H22N2O2S. The maximum atomic E-state index is 12.7. The van der Waals surface area contributed by atoms with Crippen LogP contribution in [0, 0.1) is 5.92 Å². The monoisotopic (exact) mass is 354 g/mol. The number of thiophene rings is 1. The molecule has 1 atom stereocenters. The third-order valence-corrected chi connectivity index (χ3v) is 6.31. The number of hydrogen-bond donors (Lipinski definition) is 1. The van der Waals surface area contributed by atoms with E-state index in [1.807, 2.05) is 35.7 Å². The van der Waals surface area contributed by atoms with E-state index in [0.717, 1.165) is 36.6 Å². The van der Waals surface area contributed by atoms with Gasteiger partial charge in [0.25, 0.3) is 5.91 Å². The van der Waals surface area contributed by atoms with Crippen LogP contribution in [0.25, 0.3) is 11.1 Å². The number of Topliss-reactive ketones (excluding diaryl/α,β-unsaturated/α-hetero) is 1. The molecule has 3 aliphatic heterocycles. The van der Waals surface area contributed by atoms with Crippen LogP contribution in [-0.2, 0) is 0 Å². The third kappa shape index (κ3) is 3.26.